The van der Waals surface area contributed by atoms with Crippen LogP contribution in [0, 0.1) is 23.6 Å². The molecule has 0 N–H and O–H groups in total. The molecule has 2 aromatic rings. The molecule has 0 bridgehead atoms. The van der Waals surface area contributed by atoms with Crippen molar-refractivity contribution in [2.45, 2.75) is 83.5 Å². The second kappa shape index (κ2) is 10.1. The maximum absolute atomic E-state index is 15.4. The minimum Gasteiger partial charge on any atom is -0.465 e. The smallest absolute Gasteiger partial charge is 0.337 e. The lowest BCUT2D eigenvalue weighted by Gasteiger charge is -2.42. The molecule has 4 atom stereocenters. The topological polar surface area (TPSA) is 26.3 Å². The van der Waals surface area contributed by atoms with Crippen molar-refractivity contribution in [3.63, 3.8) is 0 Å². The van der Waals surface area contributed by atoms with Gasteiger partial charge in [0.25, 0.3) is 0 Å². The molecule has 0 amide bonds. The van der Waals surface area contributed by atoms with Gasteiger partial charge >= 0.3 is 5.97 Å². The molecule has 0 aromatic heterocycles. The Morgan fingerprint density at radius 3 is 2.61 bits per heavy atom. The first-order chi connectivity index (χ1) is 15.1. The van der Waals surface area contributed by atoms with E-state index in [0.29, 0.717) is 16.9 Å². The molecule has 3 heteroatoms. The molecule has 4 unspecified atom stereocenters. The lowest BCUT2D eigenvalue weighted by molar-refractivity contribution is 0.0601. The fourth-order valence-corrected chi connectivity index (χ4v) is 6.26. The number of rotatable bonds is 7. The fourth-order valence-electron chi connectivity index (χ4n) is 6.26. The Balaban J connectivity index is 1.41. The Morgan fingerprint density at radius 2 is 1.81 bits per heavy atom. The van der Waals surface area contributed by atoms with Crippen LogP contribution in [0.2, 0.25) is 0 Å². The van der Waals surface area contributed by atoms with Crippen LogP contribution in [0.15, 0.2) is 30.3 Å². The molecule has 168 valence electrons. The molecule has 2 nitrogen and oxygen atoms in total. The first-order valence-corrected chi connectivity index (χ1v) is 12.4. The third kappa shape index (κ3) is 4.96. The molecule has 2 aliphatic carbocycles. The number of benzene rings is 2. The van der Waals surface area contributed by atoms with Gasteiger partial charge in [0, 0.05) is 5.39 Å². The zero-order valence-electron chi connectivity index (χ0n) is 19.2. The average molecular weight is 425 g/mol. The first-order valence-electron chi connectivity index (χ1n) is 12.4. The van der Waals surface area contributed by atoms with Crippen LogP contribution in [0.3, 0.4) is 0 Å². The van der Waals surface area contributed by atoms with Gasteiger partial charge in [-0.2, -0.15) is 0 Å². The first kappa shape index (κ1) is 22.3. The number of esters is 1. The molecule has 0 saturated heterocycles. The Kier molecular flexibility index (Phi) is 7.30. The monoisotopic (exact) mass is 424 g/mol. The molecule has 0 heterocycles. The molecule has 0 spiro atoms. The number of halogens is 1. The van der Waals surface area contributed by atoms with E-state index in [9.17, 15) is 4.79 Å². The van der Waals surface area contributed by atoms with Crippen molar-refractivity contribution in [2.24, 2.45) is 17.8 Å². The third-order valence-corrected chi connectivity index (χ3v) is 8.03. The van der Waals surface area contributed by atoms with Crippen LogP contribution in [0.4, 0.5) is 4.39 Å². The standard InChI is InChI=1S/C28H37FO2/c1-3-4-5-6-7-19-8-9-21-17-22(11-10-20(21)16-19)25-14-12-23-18-24(28(30)31-2)13-15-26(23)27(25)29/h12-15,18-22H,3-11,16-17H2,1-2H3. The van der Waals surface area contributed by atoms with Gasteiger partial charge < -0.3 is 4.74 Å². The van der Waals surface area contributed by atoms with Gasteiger partial charge in [0.15, 0.2) is 0 Å². The van der Waals surface area contributed by atoms with Gasteiger partial charge in [0.2, 0.25) is 0 Å². The molecule has 31 heavy (non-hydrogen) atoms. The molecule has 2 saturated carbocycles. The number of ether oxygens (including phenoxy) is 1. The SMILES string of the molecule is CCCCCCC1CCC2CC(c3ccc4cc(C(=O)OC)ccc4c3F)CCC2C1. The summed E-state index contributed by atoms with van der Waals surface area (Å²) in [5, 5.41) is 1.38. The molecule has 2 fully saturated rings. The molecule has 0 radical (unpaired) electrons. The highest BCUT2D eigenvalue weighted by molar-refractivity contribution is 5.95. The van der Waals surface area contributed by atoms with Gasteiger partial charge in [0.1, 0.15) is 5.82 Å². The van der Waals surface area contributed by atoms with Crippen LogP contribution in [-0.2, 0) is 4.74 Å². The van der Waals surface area contributed by atoms with Gasteiger partial charge in [-0.3, -0.25) is 0 Å². The van der Waals surface area contributed by atoms with Crippen molar-refractivity contribution in [1.29, 1.82) is 0 Å². The van der Waals surface area contributed by atoms with E-state index in [4.69, 9.17) is 4.74 Å². The highest BCUT2D eigenvalue weighted by Crippen LogP contribution is 2.49. The van der Waals surface area contributed by atoms with E-state index in [2.05, 4.69) is 6.92 Å². The lowest BCUT2D eigenvalue weighted by atomic mass is 9.63. The fraction of sp³-hybridized carbons (Fsp3) is 0.607. The Bertz CT molecular complexity index is 905. The second-order valence-electron chi connectivity index (χ2n) is 9.95. The van der Waals surface area contributed by atoms with E-state index in [-0.39, 0.29) is 11.8 Å². The molecular weight excluding hydrogens is 387 g/mol. The average Bonchev–Trinajstić information content (AvgIpc) is 2.81. The van der Waals surface area contributed by atoms with Crippen molar-refractivity contribution < 1.29 is 13.9 Å². The van der Waals surface area contributed by atoms with Crippen molar-refractivity contribution in [1.82, 2.24) is 0 Å². The number of unbranched alkanes of at least 4 members (excludes halogenated alkanes) is 3. The predicted octanol–water partition coefficient (Wildman–Crippen LogP) is 8.04. The minimum atomic E-state index is -0.384. The van der Waals surface area contributed by atoms with Crippen molar-refractivity contribution in [3.8, 4) is 0 Å². The number of carbonyl (C=O) groups is 1. The van der Waals surface area contributed by atoms with E-state index >= 15 is 4.39 Å². The van der Waals surface area contributed by atoms with Crippen molar-refractivity contribution in [2.75, 3.05) is 7.11 Å². The van der Waals surface area contributed by atoms with Crippen LogP contribution in [0.1, 0.15) is 99.4 Å². The zero-order valence-corrected chi connectivity index (χ0v) is 19.2. The molecular formula is C28H37FO2. The summed E-state index contributed by atoms with van der Waals surface area (Å²) in [6.45, 7) is 2.28. The lowest BCUT2D eigenvalue weighted by Crippen LogP contribution is -2.30. The van der Waals surface area contributed by atoms with E-state index in [1.54, 1.807) is 18.2 Å². The highest BCUT2D eigenvalue weighted by atomic mass is 19.1. The Labute approximate surface area is 186 Å². The zero-order chi connectivity index (χ0) is 21.8. The number of hydrogen-bond acceptors (Lipinski definition) is 2. The van der Waals surface area contributed by atoms with Crippen LogP contribution in [-0.4, -0.2) is 13.1 Å². The summed E-state index contributed by atoms with van der Waals surface area (Å²) in [4.78, 5) is 11.8. The van der Waals surface area contributed by atoms with Crippen LogP contribution in [0.25, 0.3) is 10.8 Å². The molecule has 4 rings (SSSR count). The summed E-state index contributed by atoms with van der Waals surface area (Å²) >= 11 is 0. The number of carbonyl (C=O) groups excluding carboxylic acids is 1. The van der Waals surface area contributed by atoms with Gasteiger partial charge in [-0.05, 0) is 78.9 Å². The number of methoxy groups -OCH3 is 1. The Hall–Kier alpha value is -1.90. The minimum absolute atomic E-state index is 0.0954. The van der Waals surface area contributed by atoms with Gasteiger partial charge in [-0.25, -0.2) is 9.18 Å². The summed E-state index contributed by atoms with van der Waals surface area (Å²) in [5.74, 6) is 2.39. The quantitative estimate of drug-likeness (QED) is 0.332. The normalized spacial score (nSPS) is 25.9. The van der Waals surface area contributed by atoms with Crippen LogP contribution >= 0.6 is 0 Å². The summed E-state index contributed by atoms with van der Waals surface area (Å²) in [5.41, 5.74) is 1.34. The predicted molar refractivity (Wildman–Crippen MR) is 125 cm³/mol. The summed E-state index contributed by atoms with van der Waals surface area (Å²) in [7, 11) is 1.37. The molecule has 2 aromatic carbocycles. The largest absolute Gasteiger partial charge is 0.465 e. The Morgan fingerprint density at radius 1 is 1.00 bits per heavy atom. The van der Waals surface area contributed by atoms with E-state index < -0.39 is 0 Å². The molecule has 0 aliphatic heterocycles. The van der Waals surface area contributed by atoms with Crippen LogP contribution in [0.5, 0.6) is 0 Å². The number of hydrogen-bond donors (Lipinski definition) is 0. The van der Waals surface area contributed by atoms with E-state index in [0.717, 1.165) is 41.5 Å². The van der Waals surface area contributed by atoms with E-state index in [1.165, 1.54) is 64.9 Å². The third-order valence-electron chi connectivity index (χ3n) is 8.03. The summed E-state index contributed by atoms with van der Waals surface area (Å²) in [6, 6.07) is 9.06. The van der Waals surface area contributed by atoms with Crippen molar-refractivity contribution in [3.05, 3.63) is 47.3 Å². The van der Waals surface area contributed by atoms with Gasteiger partial charge in [-0.15, -0.1) is 0 Å². The molecule has 2 aliphatic rings. The van der Waals surface area contributed by atoms with Crippen molar-refractivity contribution >= 4 is 16.7 Å². The van der Waals surface area contributed by atoms with Gasteiger partial charge in [-0.1, -0.05) is 63.6 Å². The maximum atomic E-state index is 15.4. The number of fused-ring (bicyclic) bond motifs is 2. The second-order valence-corrected chi connectivity index (χ2v) is 9.95. The van der Waals surface area contributed by atoms with E-state index in [1.807, 2.05) is 12.1 Å². The van der Waals surface area contributed by atoms with Gasteiger partial charge in [0.05, 0.1) is 12.7 Å². The summed E-state index contributed by atoms with van der Waals surface area (Å²) in [6.07, 6.45) is 14.5. The maximum Gasteiger partial charge on any atom is 0.337 e. The summed E-state index contributed by atoms with van der Waals surface area (Å²) < 4.78 is 20.2. The highest BCUT2D eigenvalue weighted by Gasteiger charge is 2.36. The van der Waals surface area contributed by atoms with Crippen LogP contribution < -0.4 is 0 Å².